The van der Waals surface area contributed by atoms with Crippen molar-refractivity contribution in [1.82, 2.24) is 0 Å². The molecule has 11 heavy (non-hydrogen) atoms. The maximum Gasteiger partial charge on any atom is 0.350 e. The lowest BCUT2D eigenvalue weighted by atomic mass is 10.3. The molecule has 0 amide bonds. The summed E-state index contributed by atoms with van der Waals surface area (Å²) in [5.74, 6) is -0.0631. The smallest absolute Gasteiger partial charge is 0.350 e. The number of hydrogen-bond acceptors (Lipinski definition) is 4. The van der Waals surface area contributed by atoms with Crippen LogP contribution < -0.4 is 5.63 Å². The van der Waals surface area contributed by atoms with Crippen LogP contribution in [0.4, 0.5) is 0 Å². The topological polar surface area (TPSA) is 67.5 Å². The van der Waals surface area contributed by atoms with E-state index in [1.54, 1.807) is 0 Å². The van der Waals surface area contributed by atoms with Gasteiger partial charge in [0.05, 0.1) is 0 Å². The van der Waals surface area contributed by atoms with Gasteiger partial charge >= 0.3 is 5.63 Å². The maximum absolute atomic E-state index is 10.7. The van der Waals surface area contributed by atoms with Gasteiger partial charge in [-0.2, -0.15) is 0 Å². The first-order valence-corrected chi connectivity index (χ1v) is 2.94. The van der Waals surface area contributed by atoms with Crippen molar-refractivity contribution < 1.29 is 14.3 Å². The molecule has 4 heteroatoms. The van der Waals surface area contributed by atoms with Crippen LogP contribution in [-0.2, 0) is 0 Å². The number of carbonyl (C=O) groups excluding carboxylic acids is 1. The molecule has 1 N–H and O–H groups in total. The third-order valence-corrected chi connectivity index (χ3v) is 1.21. The monoisotopic (exact) mass is 154 g/mol. The fourth-order valence-electron chi connectivity index (χ4n) is 0.714. The second-order valence-electron chi connectivity index (χ2n) is 2.06. The number of aldehydes is 1. The molecule has 0 aromatic carbocycles. The molecule has 1 rings (SSSR count). The van der Waals surface area contributed by atoms with E-state index in [-0.39, 0.29) is 23.4 Å². The molecule has 0 spiro atoms. The number of aromatic hydroxyl groups is 1. The molecule has 0 bridgehead atoms. The van der Waals surface area contributed by atoms with E-state index in [1.165, 1.54) is 13.0 Å². The van der Waals surface area contributed by atoms with Gasteiger partial charge in [0.25, 0.3) is 0 Å². The van der Waals surface area contributed by atoms with Gasteiger partial charge in [-0.3, -0.25) is 4.79 Å². The van der Waals surface area contributed by atoms with Crippen molar-refractivity contribution in [2.75, 3.05) is 0 Å². The van der Waals surface area contributed by atoms with E-state index in [1.807, 2.05) is 0 Å². The van der Waals surface area contributed by atoms with E-state index in [0.29, 0.717) is 0 Å². The Hall–Kier alpha value is -1.58. The summed E-state index contributed by atoms with van der Waals surface area (Å²) in [5.41, 5.74) is -1.15. The molecular weight excluding hydrogens is 148 g/mol. The van der Waals surface area contributed by atoms with Crippen LogP contribution in [0.1, 0.15) is 16.1 Å². The van der Waals surface area contributed by atoms with Crippen molar-refractivity contribution >= 4 is 6.29 Å². The quantitative estimate of drug-likeness (QED) is 0.597. The van der Waals surface area contributed by atoms with Crippen LogP contribution in [0.25, 0.3) is 0 Å². The van der Waals surface area contributed by atoms with Gasteiger partial charge in [0.15, 0.2) is 6.29 Å². The fourth-order valence-corrected chi connectivity index (χ4v) is 0.714. The van der Waals surface area contributed by atoms with E-state index < -0.39 is 5.63 Å². The molecule has 0 radical (unpaired) electrons. The van der Waals surface area contributed by atoms with Gasteiger partial charge in [-0.1, -0.05) is 0 Å². The van der Waals surface area contributed by atoms with Crippen molar-refractivity contribution in [3.63, 3.8) is 0 Å². The van der Waals surface area contributed by atoms with E-state index in [9.17, 15) is 9.59 Å². The van der Waals surface area contributed by atoms with Gasteiger partial charge in [-0.25, -0.2) is 4.79 Å². The molecule has 0 unspecified atom stereocenters. The normalized spacial score (nSPS) is 9.55. The predicted octanol–water partition coefficient (Wildman–Crippen LogP) is 0.466. The summed E-state index contributed by atoms with van der Waals surface area (Å²) in [4.78, 5) is 20.9. The van der Waals surface area contributed by atoms with Crippen molar-refractivity contribution in [1.29, 1.82) is 0 Å². The second kappa shape index (κ2) is 2.57. The summed E-state index contributed by atoms with van der Waals surface area (Å²) in [6.45, 7) is 1.51. The average molecular weight is 154 g/mol. The Labute approximate surface area is 62.1 Å². The fraction of sp³-hybridized carbons (Fsp3) is 0.143. The molecule has 58 valence electrons. The van der Waals surface area contributed by atoms with E-state index in [2.05, 4.69) is 4.42 Å². The standard InChI is InChI=1S/C7H6O4/c1-4-2-6(9)5(3-8)7(10)11-4/h2-3,9H,1H3. The molecular formula is C7H6O4. The van der Waals surface area contributed by atoms with Crippen LogP contribution in [0, 0.1) is 6.92 Å². The molecule has 1 heterocycles. The zero-order chi connectivity index (χ0) is 8.43. The minimum atomic E-state index is -0.808. The molecule has 0 saturated carbocycles. The highest BCUT2D eigenvalue weighted by Gasteiger charge is 2.06. The van der Waals surface area contributed by atoms with Crippen LogP contribution in [-0.4, -0.2) is 11.4 Å². The minimum absolute atomic E-state index is 0.264. The van der Waals surface area contributed by atoms with Crippen molar-refractivity contribution in [3.8, 4) is 5.75 Å². The van der Waals surface area contributed by atoms with Gasteiger partial charge in [-0.15, -0.1) is 0 Å². The molecule has 0 fully saturated rings. The molecule has 0 aliphatic carbocycles. The number of carbonyl (C=O) groups is 1. The number of aryl methyl sites for hydroxylation is 1. The lowest BCUT2D eigenvalue weighted by Gasteiger charge is -1.94. The summed E-state index contributed by atoms with van der Waals surface area (Å²) in [6, 6.07) is 1.21. The Kier molecular flexibility index (Phi) is 1.76. The van der Waals surface area contributed by atoms with Gasteiger partial charge in [0.1, 0.15) is 17.1 Å². The van der Waals surface area contributed by atoms with Crippen LogP contribution in [0.5, 0.6) is 5.75 Å². The molecule has 1 aromatic rings. The van der Waals surface area contributed by atoms with Crippen LogP contribution in [0.3, 0.4) is 0 Å². The zero-order valence-corrected chi connectivity index (χ0v) is 5.83. The molecule has 0 saturated heterocycles. The first-order chi connectivity index (χ1) is 5.15. The Morgan fingerprint density at radius 3 is 2.73 bits per heavy atom. The molecule has 0 atom stereocenters. The van der Waals surface area contributed by atoms with Crippen molar-refractivity contribution in [3.05, 3.63) is 27.8 Å². The molecule has 0 aliphatic rings. The van der Waals surface area contributed by atoms with E-state index >= 15 is 0 Å². The lowest BCUT2D eigenvalue weighted by Crippen LogP contribution is -2.06. The first kappa shape index (κ1) is 7.53. The minimum Gasteiger partial charge on any atom is -0.507 e. The predicted molar refractivity (Wildman–Crippen MR) is 36.8 cm³/mol. The summed E-state index contributed by atoms with van der Waals surface area (Å²) < 4.78 is 4.53. The number of rotatable bonds is 1. The van der Waals surface area contributed by atoms with Crippen molar-refractivity contribution in [2.45, 2.75) is 6.92 Å². The Morgan fingerprint density at radius 1 is 1.64 bits per heavy atom. The highest BCUT2D eigenvalue weighted by atomic mass is 16.4. The largest absolute Gasteiger partial charge is 0.507 e. The Morgan fingerprint density at radius 2 is 2.27 bits per heavy atom. The molecule has 1 aromatic heterocycles. The van der Waals surface area contributed by atoms with Crippen LogP contribution in [0.2, 0.25) is 0 Å². The van der Waals surface area contributed by atoms with Crippen LogP contribution >= 0.6 is 0 Å². The Balaban J connectivity index is 3.49. The van der Waals surface area contributed by atoms with E-state index in [0.717, 1.165) is 0 Å². The number of hydrogen-bond donors (Lipinski definition) is 1. The van der Waals surface area contributed by atoms with Gasteiger partial charge in [0, 0.05) is 6.07 Å². The lowest BCUT2D eigenvalue weighted by molar-refractivity contribution is 0.111. The highest BCUT2D eigenvalue weighted by molar-refractivity contribution is 5.77. The summed E-state index contributed by atoms with van der Waals surface area (Å²) in [7, 11) is 0. The van der Waals surface area contributed by atoms with Gasteiger partial charge < -0.3 is 9.52 Å². The van der Waals surface area contributed by atoms with Crippen molar-refractivity contribution in [2.24, 2.45) is 0 Å². The maximum atomic E-state index is 10.7. The van der Waals surface area contributed by atoms with Crippen LogP contribution in [0.15, 0.2) is 15.3 Å². The van der Waals surface area contributed by atoms with E-state index in [4.69, 9.17) is 5.11 Å². The summed E-state index contributed by atoms with van der Waals surface area (Å²) >= 11 is 0. The SMILES string of the molecule is Cc1cc(O)c(C=O)c(=O)o1. The first-order valence-electron chi connectivity index (χ1n) is 2.94. The summed E-state index contributed by atoms with van der Waals surface area (Å²) in [6.07, 6.45) is 0.264. The molecule has 4 nitrogen and oxygen atoms in total. The zero-order valence-electron chi connectivity index (χ0n) is 5.83. The molecule has 0 aliphatic heterocycles. The van der Waals surface area contributed by atoms with Gasteiger partial charge in [0.2, 0.25) is 0 Å². The summed E-state index contributed by atoms with van der Waals surface area (Å²) in [5, 5.41) is 8.98. The third-order valence-electron chi connectivity index (χ3n) is 1.21. The highest BCUT2D eigenvalue weighted by Crippen LogP contribution is 2.11. The third kappa shape index (κ3) is 1.29. The average Bonchev–Trinajstić information content (AvgIpc) is 1.85. The van der Waals surface area contributed by atoms with Gasteiger partial charge in [-0.05, 0) is 6.92 Å². The Bertz CT molecular complexity index is 337. The second-order valence-corrected chi connectivity index (χ2v) is 2.06.